The molecule has 2 atom stereocenters. The molecule has 184 valence electrons. The van der Waals surface area contributed by atoms with Crippen LogP contribution in [0.15, 0.2) is 42.5 Å². The molecule has 2 N–H and O–H groups in total. The molecule has 2 aliphatic heterocycles. The fourth-order valence-corrected chi connectivity index (χ4v) is 5.32. The van der Waals surface area contributed by atoms with Gasteiger partial charge < -0.3 is 29.7 Å². The van der Waals surface area contributed by atoms with Crippen molar-refractivity contribution in [3.63, 3.8) is 0 Å². The molecule has 2 aliphatic rings. The van der Waals surface area contributed by atoms with E-state index in [-0.39, 0.29) is 17.6 Å². The quantitative estimate of drug-likeness (QED) is 0.478. The zero-order valence-electron chi connectivity index (χ0n) is 20.2. The van der Waals surface area contributed by atoms with Crippen LogP contribution >= 0.6 is 11.6 Å². The number of rotatable bonds is 7. The molecule has 0 aliphatic carbocycles. The summed E-state index contributed by atoms with van der Waals surface area (Å²) in [7, 11) is 5.61. The van der Waals surface area contributed by atoms with Crippen molar-refractivity contribution in [3.05, 3.63) is 53.6 Å². The Labute approximate surface area is 210 Å². The van der Waals surface area contributed by atoms with Crippen LogP contribution in [0.4, 0.5) is 11.4 Å². The van der Waals surface area contributed by atoms with Gasteiger partial charge in [0, 0.05) is 54.5 Å². The maximum atomic E-state index is 13.7. The largest absolute Gasteiger partial charge is 0.507 e. The number of ether oxygens (including phenoxy) is 2. The van der Waals surface area contributed by atoms with Crippen LogP contribution < -0.4 is 19.7 Å². The van der Waals surface area contributed by atoms with Crippen molar-refractivity contribution >= 4 is 39.7 Å². The van der Waals surface area contributed by atoms with Gasteiger partial charge in [-0.3, -0.25) is 4.79 Å². The predicted molar refractivity (Wildman–Crippen MR) is 140 cm³/mol. The zero-order chi connectivity index (χ0) is 24.7. The van der Waals surface area contributed by atoms with Crippen molar-refractivity contribution in [2.24, 2.45) is 0 Å². The number of halogens is 1. The molecule has 1 unspecified atom stereocenters. The highest BCUT2D eigenvalue weighted by atomic mass is 35.5. The lowest BCUT2D eigenvalue weighted by atomic mass is 9.95. The summed E-state index contributed by atoms with van der Waals surface area (Å²) in [6, 6.07) is 12.8. The van der Waals surface area contributed by atoms with Crippen LogP contribution in [0.3, 0.4) is 0 Å². The molecule has 0 saturated carbocycles. The maximum Gasteiger partial charge on any atom is 0.249 e. The molecule has 1 amide bonds. The molecule has 2 heterocycles. The summed E-state index contributed by atoms with van der Waals surface area (Å²) in [5.74, 6) is 1.83. The van der Waals surface area contributed by atoms with Crippen molar-refractivity contribution in [2.45, 2.75) is 18.4 Å². The van der Waals surface area contributed by atoms with E-state index in [1.807, 2.05) is 50.5 Å². The Kier molecular flexibility index (Phi) is 6.38. The number of nitrogens with one attached hydrogen (secondary N) is 1. The first-order valence-electron chi connectivity index (χ1n) is 11.8. The molecule has 0 fully saturated rings. The number of likely N-dealkylation sites (N-methyl/N-ethyl adjacent to an activating group) is 1. The van der Waals surface area contributed by atoms with Crippen LogP contribution in [0.1, 0.15) is 17.0 Å². The Morgan fingerprint density at radius 1 is 1.20 bits per heavy atom. The molecule has 0 spiro atoms. The standard InChI is InChI=1S/C27H30ClN3O4/c1-30(2)8-9-35-25-11-16-10-21(29-20(16)12-24(25)34-3)27(33)31-15-17(14-28)26-19-7-5-4-6-18(19)23(32)13-22(26)31/h4-7,11-13,17,21,29,32H,8-10,14-15H2,1-3H3/t17-,21?/m1/s1. The summed E-state index contributed by atoms with van der Waals surface area (Å²) in [4.78, 5) is 17.6. The molecule has 3 aromatic carbocycles. The van der Waals surface area contributed by atoms with Crippen LogP contribution in [-0.4, -0.2) is 68.7 Å². The predicted octanol–water partition coefficient (Wildman–Crippen LogP) is 4.20. The Balaban J connectivity index is 1.41. The van der Waals surface area contributed by atoms with E-state index >= 15 is 0 Å². The van der Waals surface area contributed by atoms with Crippen molar-refractivity contribution in [1.29, 1.82) is 0 Å². The lowest BCUT2D eigenvalue weighted by Gasteiger charge is -2.22. The molecular weight excluding hydrogens is 466 g/mol. The number of fused-ring (bicyclic) bond motifs is 4. The third-order valence-corrected chi connectivity index (χ3v) is 7.21. The number of alkyl halides is 1. The summed E-state index contributed by atoms with van der Waals surface area (Å²) in [6.45, 7) is 1.82. The maximum absolute atomic E-state index is 13.7. The highest BCUT2D eigenvalue weighted by Crippen LogP contribution is 2.46. The van der Waals surface area contributed by atoms with Gasteiger partial charge in [-0.1, -0.05) is 24.3 Å². The lowest BCUT2D eigenvalue weighted by molar-refractivity contribution is -0.119. The third kappa shape index (κ3) is 4.23. The number of hydrogen-bond donors (Lipinski definition) is 2. The highest BCUT2D eigenvalue weighted by molar-refractivity contribution is 6.19. The second-order valence-electron chi connectivity index (χ2n) is 9.39. The fourth-order valence-electron chi connectivity index (χ4n) is 5.07. The average Bonchev–Trinajstić information content (AvgIpc) is 3.44. The second-order valence-corrected chi connectivity index (χ2v) is 9.70. The minimum atomic E-state index is -0.428. The number of methoxy groups -OCH3 is 1. The van der Waals surface area contributed by atoms with Gasteiger partial charge in [0.25, 0.3) is 0 Å². The third-order valence-electron chi connectivity index (χ3n) is 6.83. The normalized spacial score (nSPS) is 18.5. The number of carbonyl (C=O) groups excluding carboxylic acids is 1. The van der Waals surface area contributed by atoms with E-state index < -0.39 is 6.04 Å². The van der Waals surface area contributed by atoms with Gasteiger partial charge in [0.05, 0.1) is 12.8 Å². The molecule has 0 bridgehead atoms. The minimum Gasteiger partial charge on any atom is -0.507 e. The first kappa shape index (κ1) is 23.6. The summed E-state index contributed by atoms with van der Waals surface area (Å²) in [5.41, 5.74) is 3.64. The van der Waals surface area contributed by atoms with Gasteiger partial charge >= 0.3 is 0 Å². The average molecular weight is 496 g/mol. The first-order valence-corrected chi connectivity index (χ1v) is 12.3. The number of benzene rings is 3. The fraction of sp³-hybridized carbons (Fsp3) is 0.370. The topological polar surface area (TPSA) is 74.3 Å². The van der Waals surface area contributed by atoms with E-state index in [4.69, 9.17) is 21.1 Å². The Bertz CT molecular complexity index is 1280. The van der Waals surface area contributed by atoms with Crippen molar-refractivity contribution in [1.82, 2.24) is 4.90 Å². The second kappa shape index (κ2) is 9.47. The molecule has 0 radical (unpaired) electrons. The smallest absolute Gasteiger partial charge is 0.249 e. The number of phenolic OH excluding ortho intramolecular Hbond substituents is 1. The highest BCUT2D eigenvalue weighted by Gasteiger charge is 2.39. The molecule has 0 aromatic heterocycles. The number of hydrogen-bond acceptors (Lipinski definition) is 6. The number of carbonyl (C=O) groups is 1. The van der Waals surface area contributed by atoms with Crippen LogP contribution in [0, 0.1) is 0 Å². The van der Waals surface area contributed by atoms with Crippen LogP contribution in [0.2, 0.25) is 0 Å². The molecule has 0 saturated heterocycles. The Morgan fingerprint density at radius 3 is 2.69 bits per heavy atom. The van der Waals surface area contributed by atoms with Gasteiger partial charge in [-0.05, 0) is 36.7 Å². The van der Waals surface area contributed by atoms with Crippen LogP contribution in [0.5, 0.6) is 17.2 Å². The molecular formula is C27H30ClN3O4. The van der Waals surface area contributed by atoms with E-state index in [1.165, 1.54) is 0 Å². The van der Waals surface area contributed by atoms with Gasteiger partial charge in [0.1, 0.15) is 18.4 Å². The molecule has 5 rings (SSSR count). The Hall–Kier alpha value is -3.16. The number of phenols is 1. The van der Waals surface area contributed by atoms with E-state index in [0.29, 0.717) is 37.0 Å². The Morgan fingerprint density at radius 2 is 1.97 bits per heavy atom. The van der Waals surface area contributed by atoms with Gasteiger partial charge in [-0.25, -0.2) is 0 Å². The summed E-state index contributed by atoms with van der Waals surface area (Å²) in [5, 5.41) is 15.8. The van der Waals surface area contributed by atoms with E-state index in [9.17, 15) is 9.90 Å². The number of anilines is 2. The summed E-state index contributed by atoms with van der Waals surface area (Å²) in [6.07, 6.45) is 0.541. The van der Waals surface area contributed by atoms with Crippen LogP contribution in [0.25, 0.3) is 10.8 Å². The summed E-state index contributed by atoms with van der Waals surface area (Å²) >= 11 is 6.34. The SMILES string of the molecule is COc1cc2c(cc1OCCN(C)C)CC(C(=O)N1C[C@@H](CCl)c3c1cc(O)c1ccccc31)N2. The monoisotopic (exact) mass is 495 g/mol. The van der Waals surface area contributed by atoms with Gasteiger partial charge in [0.2, 0.25) is 5.91 Å². The number of nitrogens with zero attached hydrogens (tertiary/aromatic N) is 2. The van der Waals surface area contributed by atoms with Crippen molar-refractivity contribution in [2.75, 3.05) is 57.0 Å². The lowest BCUT2D eigenvalue weighted by Crippen LogP contribution is -2.41. The van der Waals surface area contributed by atoms with Gasteiger partial charge in [0.15, 0.2) is 11.5 Å². The van der Waals surface area contributed by atoms with E-state index in [2.05, 4.69) is 10.2 Å². The number of aromatic hydroxyl groups is 1. The van der Waals surface area contributed by atoms with Gasteiger partial charge in [-0.2, -0.15) is 0 Å². The first-order chi connectivity index (χ1) is 16.9. The van der Waals surface area contributed by atoms with Gasteiger partial charge in [-0.15, -0.1) is 11.6 Å². The zero-order valence-corrected chi connectivity index (χ0v) is 20.9. The molecule has 8 heteroatoms. The molecule has 35 heavy (non-hydrogen) atoms. The van der Waals surface area contributed by atoms with Crippen molar-refractivity contribution < 1.29 is 19.4 Å². The molecule has 7 nitrogen and oxygen atoms in total. The van der Waals surface area contributed by atoms with E-state index in [1.54, 1.807) is 18.1 Å². The molecule has 3 aromatic rings. The minimum absolute atomic E-state index is 0.00156. The summed E-state index contributed by atoms with van der Waals surface area (Å²) < 4.78 is 11.5. The van der Waals surface area contributed by atoms with E-state index in [0.717, 1.165) is 39.8 Å². The number of amides is 1. The van der Waals surface area contributed by atoms with Crippen LogP contribution in [-0.2, 0) is 11.2 Å². The van der Waals surface area contributed by atoms with Crippen molar-refractivity contribution in [3.8, 4) is 17.2 Å².